The largest absolute Gasteiger partial charge is 0.307 e. The highest BCUT2D eigenvalue weighted by Gasteiger charge is 2.26. The van der Waals surface area contributed by atoms with E-state index in [9.17, 15) is 0 Å². The summed E-state index contributed by atoms with van der Waals surface area (Å²) < 4.78 is 2.06. The molecular weight excluding hydrogens is 236 g/mol. The topological polar surface area (TPSA) is 42.2 Å². The molecule has 3 unspecified atom stereocenters. The van der Waals surface area contributed by atoms with Gasteiger partial charge >= 0.3 is 0 Å². The number of nitrogens with one attached hydrogen (secondary N) is 1. The lowest BCUT2D eigenvalue weighted by atomic mass is 9.78. The predicted octanol–water partition coefficient (Wildman–Crippen LogP) is 2.64. The minimum atomic E-state index is 0.611. The van der Waals surface area contributed by atoms with E-state index >= 15 is 0 Å². The Labute approximate surface area is 114 Å². The molecule has 2 aromatic heterocycles. The van der Waals surface area contributed by atoms with E-state index in [2.05, 4.69) is 33.8 Å². The van der Waals surface area contributed by atoms with Crippen molar-refractivity contribution in [2.75, 3.05) is 0 Å². The highest BCUT2D eigenvalue weighted by Crippen LogP contribution is 2.29. The lowest BCUT2D eigenvalue weighted by Gasteiger charge is -2.34. The van der Waals surface area contributed by atoms with E-state index < -0.39 is 0 Å². The van der Waals surface area contributed by atoms with Crippen LogP contribution in [0.2, 0.25) is 0 Å². The molecule has 4 heteroatoms. The van der Waals surface area contributed by atoms with Crippen molar-refractivity contribution in [3.05, 3.63) is 30.2 Å². The summed E-state index contributed by atoms with van der Waals surface area (Å²) in [6, 6.07) is 6.61. The van der Waals surface area contributed by atoms with Gasteiger partial charge in [0.25, 0.3) is 0 Å². The zero-order valence-corrected chi connectivity index (χ0v) is 11.7. The average molecular weight is 258 g/mol. The van der Waals surface area contributed by atoms with Gasteiger partial charge in [0.1, 0.15) is 0 Å². The summed E-state index contributed by atoms with van der Waals surface area (Å²) in [7, 11) is 0. The molecule has 4 nitrogen and oxygen atoms in total. The summed E-state index contributed by atoms with van der Waals surface area (Å²) in [5, 5.41) is 12.1. The Kier molecular flexibility index (Phi) is 3.51. The standard InChI is InChI=1S/C15H22N4/c1-11-6-5-7-13(12(11)2)16-10-15-18-17-14-8-3-4-9-19(14)15/h3-4,8-9,11-13,16H,5-7,10H2,1-2H3. The molecule has 1 saturated carbocycles. The number of aromatic nitrogens is 3. The Bertz CT molecular complexity index is 548. The van der Waals surface area contributed by atoms with Crippen molar-refractivity contribution >= 4 is 5.65 Å². The first-order valence-corrected chi connectivity index (χ1v) is 7.27. The van der Waals surface area contributed by atoms with Crippen LogP contribution in [0.1, 0.15) is 38.9 Å². The van der Waals surface area contributed by atoms with Crippen molar-refractivity contribution in [2.24, 2.45) is 11.8 Å². The molecule has 0 bridgehead atoms. The lowest BCUT2D eigenvalue weighted by molar-refractivity contribution is 0.205. The molecule has 3 rings (SSSR count). The Hall–Kier alpha value is -1.42. The van der Waals surface area contributed by atoms with Gasteiger partial charge in [-0.3, -0.25) is 4.40 Å². The molecule has 1 N–H and O–H groups in total. The number of hydrogen-bond acceptors (Lipinski definition) is 3. The third-order valence-electron chi connectivity index (χ3n) is 4.61. The van der Waals surface area contributed by atoms with E-state index in [1.54, 1.807) is 0 Å². The molecule has 0 aromatic carbocycles. The summed E-state index contributed by atoms with van der Waals surface area (Å²) in [6.45, 7) is 5.53. The van der Waals surface area contributed by atoms with Gasteiger partial charge in [0.2, 0.25) is 0 Å². The van der Waals surface area contributed by atoms with E-state index in [0.717, 1.165) is 29.9 Å². The number of rotatable bonds is 3. The van der Waals surface area contributed by atoms with E-state index in [4.69, 9.17) is 0 Å². The number of pyridine rings is 1. The van der Waals surface area contributed by atoms with Gasteiger partial charge < -0.3 is 5.32 Å². The maximum atomic E-state index is 4.27. The highest BCUT2D eigenvalue weighted by atomic mass is 15.3. The smallest absolute Gasteiger partial charge is 0.160 e. The quantitative estimate of drug-likeness (QED) is 0.920. The summed E-state index contributed by atoms with van der Waals surface area (Å²) in [6.07, 6.45) is 6.01. The van der Waals surface area contributed by atoms with Crippen LogP contribution in [0.3, 0.4) is 0 Å². The van der Waals surface area contributed by atoms with E-state index in [1.165, 1.54) is 19.3 Å². The minimum Gasteiger partial charge on any atom is -0.307 e. The molecule has 0 amide bonds. The Morgan fingerprint density at radius 1 is 1.26 bits per heavy atom. The molecule has 2 aromatic rings. The van der Waals surface area contributed by atoms with Gasteiger partial charge in [-0.2, -0.15) is 0 Å². The number of fused-ring (bicyclic) bond motifs is 1. The number of nitrogens with zero attached hydrogens (tertiary/aromatic N) is 3. The van der Waals surface area contributed by atoms with Crippen LogP contribution < -0.4 is 5.32 Å². The maximum Gasteiger partial charge on any atom is 0.160 e. The molecule has 0 aliphatic heterocycles. The first kappa shape index (κ1) is 12.6. The van der Waals surface area contributed by atoms with Crippen molar-refractivity contribution in [3.63, 3.8) is 0 Å². The fraction of sp³-hybridized carbons (Fsp3) is 0.600. The van der Waals surface area contributed by atoms with E-state index in [-0.39, 0.29) is 0 Å². The minimum absolute atomic E-state index is 0.611. The Morgan fingerprint density at radius 3 is 3.05 bits per heavy atom. The van der Waals surface area contributed by atoms with Crippen LogP contribution in [0.25, 0.3) is 5.65 Å². The molecule has 1 aliphatic rings. The maximum absolute atomic E-state index is 4.27. The van der Waals surface area contributed by atoms with Crippen LogP contribution in [-0.2, 0) is 6.54 Å². The summed E-state index contributed by atoms with van der Waals surface area (Å²) in [5.74, 6) is 2.57. The van der Waals surface area contributed by atoms with Crippen LogP contribution in [-0.4, -0.2) is 20.6 Å². The lowest BCUT2D eigenvalue weighted by Crippen LogP contribution is -2.40. The van der Waals surface area contributed by atoms with Gasteiger partial charge in [0, 0.05) is 12.2 Å². The second-order valence-corrected chi connectivity index (χ2v) is 5.80. The van der Waals surface area contributed by atoms with Gasteiger partial charge in [0.05, 0.1) is 6.54 Å². The predicted molar refractivity (Wildman–Crippen MR) is 75.8 cm³/mol. The average Bonchev–Trinajstić information content (AvgIpc) is 2.84. The molecule has 19 heavy (non-hydrogen) atoms. The molecule has 1 aliphatic carbocycles. The van der Waals surface area contributed by atoms with Crippen LogP contribution >= 0.6 is 0 Å². The molecule has 2 heterocycles. The molecule has 1 fully saturated rings. The third kappa shape index (κ3) is 2.50. The van der Waals surface area contributed by atoms with Crippen molar-refractivity contribution in [3.8, 4) is 0 Å². The zero-order chi connectivity index (χ0) is 13.2. The Balaban J connectivity index is 1.69. The molecule has 0 radical (unpaired) electrons. The summed E-state index contributed by atoms with van der Waals surface area (Å²) in [4.78, 5) is 0. The van der Waals surface area contributed by atoms with Crippen molar-refractivity contribution in [2.45, 2.75) is 45.7 Å². The fourth-order valence-electron chi connectivity index (χ4n) is 3.10. The first-order valence-electron chi connectivity index (χ1n) is 7.27. The van der Waals surface area contributed by atoms with Gasteiger partial charge in [-0.25, -0.2) is 0 Å². The third-order valence-corrected chi connectivity index (χ3v) is 4.61. The van der Waals surface area contributed by atoms with E-state index in [1.807, 2.05) is 24.4 Å². The summed E-state index contributed by atoms with van der Waals surface area (Å²) in [5.41, 5.74) is 0.921. The first-order chi connectivity index (χ1) is 9.25. The van der Waals surface area contributed by atoms with Crippen LogP contribution in [0.5, 0.6) is 0 Å². The monoisotopic (exact) mass is 258 g/mol. The molecule has 0 spiro atoms. The van der Waals surface area contributed by atoms with Crippen LogP contribution in [0, 0.1) is 11.8 Å². The SMILES string of the molecule is CC1CCCC(NCc2nnc3ccccn23)C1C. The normalized spacial score (nSPS) is 27.8. The fourth-order valence-corrected chi connectivity index (χ4v) is 3.10. The number of hydrogen-bond donors (Lipinski definition) is 1. The zero-order valence-electron chi connectivity index (χ0n) is 11.7. The highest BCUT2D eigenvalue weighted by molar-refractivity contribution is 5.36. The van der Waals surface area contributed by atoms with Gasteiger partial charge in [-0.15, -0.1) is 10.2 Å². The van der Waals surface area contributed by atoms with Gasteiger partial charge in [0.15, 0.2) is 11.5 Å². The van der Waals surface area contributed by atoms with Gasteiger partial charge in [-0.05, 0) is 30.4 Å². The van der Waals surface area contributed by atoms with Crippen LogP contribution in [0.4, 0.5) is 0 Å². The van der Waals surface area contributed by atoms with Crippen molar-refractivity contribution in [1.29, 1.82) is 0 Å². The van der Waals surface area contributed by atoms with E-state index in [0.29, 0.717) is 6.04 Å². The van der Waals surface area contributed by atoms with Crippen molar-refractivity contribution < 1.29 is 0 Å². The second-order valence-electron chi connectivity index (χ2n) is 5.80. The Morgan fingerprint density at radius 2 is 2.16 bits per heavy atom. The molecule has 102 valence electrons. The van der Waals surface area contributed by atoms with Crippen LogP contribution in [0.15, 0.2) is 24.4 Å². The van der Waals surface area contributed by atoms with Gasteiger partial charge in [-0.1, -0.05) is 32.8 Å². The summed E-state index contributed by atoms with van der Waals surface area (Å²) >= 11 is 0. The second kappa shape index (κ2) is 5.29. The molecule has 3 atom stereocenters. The molecule has 0 saturated heterocycles. The van der Waals surface area contributed by atoms with Crippen molar-refractivity contribution in [1.82, 2.24) is 19.9 Å². The molecular formula is C15H22N4.